The molecule has 0 saturated heterocycles. The van der Waals surface area contributed by atoms with Crippen molar-refractivity contribution in [2.75, 3.05) is 16.8 Å². The number of nitrogens with one attached hydrogen (secondary N) is 2. The third-order valence-electron chi connectivity index (χ3n) is 4.82. The maximum Gasteiger partial charge on any atom is 0.313 e. The van der Waals surface area contributed by atoms with Crippen LogP contribution < -0.4 is 15.5 Å². The standard InChI is InChI=1S/C22H24ClN3O3/c1-14(2)22(29)26-11-5-7-15-12-17(9-10-19(15)26)25-21(28)20(27)24-13-16-6-3-4-8-18(16)23/h3-4,6,8-10,12,14H,5,7,11,13H2,1-2H3,(H,24,27)(H,25,28). The first kappa shape index (κ1) is 20.9. The van der Waals surface area contributed by atoms with E-state index in [0.717, 1.165) is 29.7 Å². The first-order chi connectivity index (χ1) is 13.9. The van der Waals surface area contributed by atoms with Crippen LogP contribution in [0.2, 0.25) is 5.02 Å². The van der Waals surface area contributed by atoms with Gasteiger partial charge in [0.25, 0.3) is 0 Å². The number of benzene rings is 2. The fourth-order valence-corrected chi connectivity index (χ4v) is 3.50. The molecule has 2 aromatic rings. The van der Waals surface area contributed by atoms with Crippen molar-refractivity contribution in [2.45, 2.75) is 33.2 Å². The average molecular weight is 414 g/mol. The molecule has 1 aliphatic rings. The molecule has 0 aliphatic carbocycles. The number of carbonyl (C=O) groups is 3. The van der Waals surface area contributed by atoms with Gasteiger partial charge in [-0.3, -0.25) is 14.4 Å². The van der Waals surface area contributed by atoms with Gasteiger partial charge >= 0.3 is 11.8 Å². The van der Waals surface area contributed by atoms with Gasteiger partial charge in [0.15, 0.2) is 0 Å². The van der Waals surface area contributed by atoms with Gasteiger partial charge < -0.3 is 15.5 Å². The zero-order valence-electron chi connectivity index (χ0n) is 16.5. The van der Waals surface area contributed by atoms with Gasteiger partial charge in [-0.15, -0.1) is 0 Å². The van der Waals surface area contributed by atoms with E-state index in [1.54, 1.807) is 29.2 Å². The molecule has 0 radical (unpaired) electrons. The number of aryl methyl sites for hydroxylation is 1. The van der Waals surface area contributed by atoms with Crippen LogP contribution in [0.4, 0.5) is 11.4 Å². The average Bonchev–Trinajstić information content (AvgIpc) is 2.71. The number of hydrogen-bond acceptors (Lipinski definition) is 3. The lowest BCUT2D eigenvalue weighted by Crippen LogP contribution is -2.38. The number of rotatable bonds is 4. The Hall–Kier alpha value is -2.86. The van der Waals surface area contributed by atoms with Gasteiger partial charge in [0.05, 0.1) is 0 Å². The smallest absolute Gasteiger partial charge is 0.313 e. The second-order valence-electron chi connectivity index (χ2n) is 7.32. The largest absolute Gasteiger partial charge is 0.344 e. The minimum Gasteiger partial charge on any atom is -0.344 e. The molecule has 0 saturated carbocycles. The number of amides is 3. The van der Waals surface area contributed by atoms with Crippen molar-refractivity contribution in [3.63, 3.8) is 0 Å². The molecule has 6 nitrogen and oxygen atoms in total. The molecule has 3 amide bonds. The highest BCUT2D eigenvalue weighted by Gasteiger charge is 2.25. The number of fused-ring (bicyclic) bond motifs is 1. The highest BCUT2D eigenvalue weighted by Crippen LogP contribution is 2.30. The second kappa shape index (κ2) is 9.09. The molecule has 7 heteroatoms. The van der Waals surface area contributed by atoms with Gasteiger partial charge in [-0.05, 0) is 48.2 Å². The van der Waals surface area contributed by atoms with Crippen molar-refractivity contribution in [1.29, 1.82) is 0 Å². The molecule has 0 unspecified atom stereocenters. The third kappa shape index (κ3) is 4.95. The topological polar surface area (TPSA) is 78.5 Å². The van der Waals surface area contributed by atoms with Crippen LogP contribution in [-0.2, 0) is 27.3 Å². The van der Waals surface area contributed by atoms with Crippen LogP contribution in [0.15, 0.2) is 42.5 Å². The van der Waals surface area contributed by atoms with E-state index in [0.29, 0.717) is 17.3 Å². The lowest BCUT2D eigenvalue weighted by atomic mass is 9.99. The number of halogens is 1. The molecule has 29 heavy (non-hydrogen) atoms. The molecule has 1 aliphatic heterocycles. The molecular weight excluding hydrogens is 390 g/mol. The van der Waals surface area contributed by atoms with Gasteiger partial charge in [-0.2, -0.15) is 0 Å². The lowest BCUT2D eigenvalue weighted by Gasteiger charge is -2.31. The van der Waals surface area contributed by atoms with E-state index in [2.05, 4.69) is 10.6 Å². The zero-order chi connectivity index (χ0) is 21.0. The fourth-order valence-electron chi connectivity index (χ4n) is 3.30. The number of anilines is 2. The molecule has 3 rings (SSSR count). The van der Waals surface area contributed by atoms with E-state index < -0.39 is 11.8 Å². The summed E-state index contributed by atoms with van der Waals surface area (Å²) in [7, 11) is 0. The molecule has 0 fully saturated rings. The third-order valence-corrected chi connectivity index (χ3v) is 5.19. The van der Waals surface area contributed by atoms with Crippen molar-refractivity contribution >= 4 is 40.7 Å². The molecule has 0 atom stereocenters. The molecule has 0 spiro atoms. The predicted molar refractivity (Wildman–Crippen MR) is 114 cm³/mol. The SMILES string of the molecule is CC(C)C(=O)N1CCCc2cc(NC(=O)C(=O)NCc3ccccc3Cl)ccc21. The summed E-state index contributed by atoms with van der Waals surface area (Å²) in [6, 6.07) is 12.5. The minimum absolute atomic E-state index is 0.0813. The summed E-state index contributed by atoms with van der Waals surface area (Å²) in [5, 5.41) is 5.72. The van der Waals surface area contributed by atoms with Crippen LogP contribution in [0.3, 0.4) is 0 Å². The van der Waals surface area contributed by atoms with Crippen molar-refractivity contribution in [3.05, 3.63) is 58.6 Å². The van der Waals surface area contributed by atoms with Crippen molar-refractivity contribution in [1.82, 2.24) is 5.32 Å². The molecule has 1 heterocycles. The Morgan fingerprint density at radius 1 is 1.10 bits per heavy atom. The predicted octanol–water partition coefficient (Wildman–Crippen LogP) is 3.53. The molecule has 0 bridgehead atoms. The summed E-state index contributed by atoms with van der Waals surface area (Å²) in [5.41, 5.74) is 3.12. The van der Waals surface area contributed by atoms with Crippen LogP contribution in [0, 0.1) is 5.92 Å². The highest BCUT2D eigenvalue weighted by atomic mass is 35.5. The Labute approximate surface area is 175 Å². The Kier molecular flexibility index (Phi) is 6.54. The first-order valence-electron chi connectivity index (χ1n) is 9.63. The summed E-state index contributed by atoms with van der Waals surface area (Å²) in [6.45, 7) is 4.63. The number of hydrogen-bond donors (Lipinski definition) is 2. The minimum atomic E-state index is -0.747. The van der Waals surface area contributed by atoms with E-state index in [9.17, 15) is 14.4 Å². The quantitative estimate of drug-likeness (QED) is 0.752. The molecule has 0 aromatic heterocycles. The van der Waals surface area contributed by atoms with E-state index in [-0.39, 0.29) is 18.4 Å². The van der Waals surface area contributed by atoms with Gasteiger partial charge in [0.2, 0.25) is 5.91 Å². The summed E-state index contributed by atoms with van der Waals surface area (Å²) < 4.78 is 0. The molecule has 152 valence electrons. The first-order valence-corrected chi connectivity index (χ1v) is 10.0. The lowest BCUT2D eigenvalue weighted by molar-refractivity contribution is -0.136. The maximum absolute atomic E-state index is 12.4. The molecular formula is C22H24ClN3O3. The molecule has 2 N–H and O–H groups in total. The monoisotopic (exact) mass is 413 g/mol. The number of nitrogens with zero attached hydrogens (tertiary/aromatic N) is 1. The summed E-state index contributed by atoms with van der Waals surface area (Å²) in [4.78, 5) is 38.6. The zero-order valence-corrected chi connectivity index (χ0v) is 17.3. The second-order valence-corrected chi connectivity index (χ2v) is 7.73. The van der Waals surface area contributed by atoms with Crippen molar-refractivity contribution < 1.29 is 14.4 Å². The Morgan fingerprint density at radius 2 is 1.86 bits per heavy atom. The van der Waals surface area contributed by atoms with Gasteiger partial charge in [-0.1, -0.05) is 43.6 Å². The summed E-state index contributed by atoms with van der Waals surface area (Å²) >= 11 is 6.06. The van der Waals surface area contributed by atoms with Crippen LogP contribution in [-0.4, -0.2) is 24.3 Å². The Bertz CT molecular complexity index is 943. The van der Waals surface area contributed by atoms with E-state index >= 15 is 0 Å². The van der Waals surface area contributed by atoms with Gasteiger partial charge in [-0.25, -0.2) is 0 Å². The van der Waals surface area contributed by atoms with Crippen molar-refractivity contribution in [3.8, 4) is 0 Å². The van der Waals surface area contributed by atoms with Crippen LogP contribution in [0.25, 0.3) is 0 Å². The van der Waals surface area contributed by atoms with E-state index in [1.165, 1.54) is 0 Å². The van der Waals surface area contributed by atoms with Gasteiger partial charge in [0, 0.05) is 35.4 Å². The Balaban J connectivity index is 1.64. The van der Waals surface area contributed by atoms with Crippen LogP contribution >= 0.6 is 11.6 Å². The maximum atomic E-state index is 12.4. The van der Waals surface area contributed by atoms with E-state index in [1.807, 2.05) is 32.0 Å². The number of carbonyl (C=O) groups excluding carboxylic acids is 3. The summed E-state index contributed by atoms with van der Waals surface area (Å²) in [5.74, 6) is -1.48. The van der Waals surface area contributed by atoms with Crippen LogP contribution in [0.5, 0.6) is 0 Å². The van der Waals surface area contributed by atoms with Gasteiger partial charge in [0.1, 0.15) is 0 Å². The van der Waals surface area contributed by atoms with Crippen molar-refractivity contribution in [2.24, 2.45) is 5.92 Å². The fraction of sp³-hybridized carbons (Fsp3) is 0.318. The normalized spacial score (nSPS) is 13.0. The molecule has 2 aromatic carbocycles. The highest BCUT2D eigenvalue weighted by molar-refractivity contribution is 6.39. The summed E-state index contributed by atoms with van der Waals surface area (Å²) in [6.07, 6.45) is 1.68. The Morgan fingerprint density at radius 3 is 2.59 bits per heavy atom. The van der Waals surface area contributed by atoms with E-state index in [4.69, 9.17) is 11.6 Å². The van der Waals surface area contributed by atoms with Crippen LogP contribution in [0.1, 0.15) is 31.4 Å².